The zero-order valence-corrected chi connectivity index (χ0v) is 18.9. The third-order valence-corrected chi connectivity index (χ3v) is 5.30. The highest BCUT2D eigenvalue weighted by Crippen LogP contribution is 2.31. The van der Waals surface area contributed by atoms with Crippen molar-refractivity contribution in [3.8, 4) is 27.7 Å². The molecule has 0 bridgehead atoms. The lowest BCUT2D eigenvalue weighted by atomic mass is 10.1. The van der Waals surface area contributed by atoms with Crippen LogP contribution in [0.25, 0.3) is 26.8 Å². The van der Waals surface area contributed by atoms with Crippen LogP contribution in [0.5, 0.6) is 5.88 Å². The van der Waals surface area contributed by atoms with Crippen molar-refractivity contribution in [3.63, 3.8) is 0 Å². The zero-order valence-electron chi connectivity index (χ0n) is 18.1. The fourth-order valence-electron chi connectivity index (χ4n) is 2.98. The van der Waals surface area contributed by atoms with E-state index < -0.39 is 11.7 Å². The Hall–Kier alpha value is -3.73. The van der Waals surface area contributed by atoms with Crippen LogP contribution >= 0.6 is 11.3 Å². The van der Waals surface area contributed by atoms with Crippen LogP contribution in [0.4, 0.5) is 10.5 Å². The lowest BCUT2D eigenvalue weighted by Crippen LogP contribution is -2.32. The number of anilines is 1. The number of amides is 1. The molecule has 0 saturated heterocycles. The number of aromatic nitrogens is 5. The molecule has 4 aromatic rings. The maximum Gasteiger partial charge on any atom is 0.407 e. The molecule has 0 aliphatic carbocycles. The molecule has 0 unspecified atom stereocenters. The maximum atomic E-state index is 11.9. The minimum Gasteiger partial charge on any atom is -0.480 e. The van der Waals surface area contributed by atoms with Crippen LogP contribution in [0.1, 0.15) is 26.3 Å². The Kier molecular flexibility index (Phi) is 5.66. The van der Waals surface area contributed by atoms with Crippen LogP contribution in [0.2, 0.25) is 0 Å². The summed E-state index contributed by atoms with van der Waals surface area (Å²) in [6.45, 7) is 5.74. The molecule has 0 aliphatic rings. The van der Waals surface area contributed by atoms with E-state index in [0.717, 1.165) is 32.4 Å². The number of methoxy groups -OCH3 is 1. The number of fused-ring (bicyclic) bond motifs is 1. The molecule has 32 heavy (non-hydrogen) atoms. The summed E-state index contributed by atoms with van der Waals surface area (Å²) in [7, 11) is 1.52. The third kappa shape index (κ3) is 4.62. The van der Waals surface area contributed by atoms with Gasteiger partial charge in [0.25, 0.3) is 0 Å². The molecule has 166 valence electrons. The van der Waals surface area contributed by atoms with E-state index in [2.05, 4.69) is 25.4 Å². The van der Waals surface area contributed by atoms with E-state index in [4.69, 9.17) is 15.2 Å². The van der Waals surface area contributed by atoms with Gasteiger partial charge in [-0.25, -0.2) is 19.3 Å². The van der Waals surface area contributed by atoms with Crippen molar-refractivity contribution < 1.29 is 14.3 Å². The van der Waals surface area contributed by atoms with Crippen molar-refractivity contribution in [2.24, 2.45) is 0 Å². The number of carbonyl (C=O) groups excluding carboxylic acids is 1. The number of ether oxygens (including phenoxy) is 2. The van der Waals surface area contributed by atoms with E-state index in [9.17, 15) is 4.79 Å². The molecule has 0 fully saturated rings. The SMILES string of the molecule is COc1ncc(-c2nn3c(-c4cncc(CNC(=O)OC(C)(C)C)c4)cnc3s2)cc1N. The topological polar surface area (TPSA) is 130 Å². The molecular weight excluding hydrogens is 430 g/mol. The fourth-order valence-corrected chi connectivity index (χ4v) is 3.83. The van der Waals surface area contributed by atoms with E-state index in [1.165, 1.54) is 18.4 Å². The largest absolute Gasteiger partial charge is 0.480 e. The Morgan fingerprint density at radius 2 is 1.97 bits per heavy atom. The van der Waals surface area contributed by atoms with Crippen molar-refractivity contribution in [1.29, 1.82) is 0 Å². The van der Waals surface area contributed by atoms with Crippen molar-refractivity contribution >= 4 is 28.1 Å². The van der Waals surface area contributed by atoms with Gasteiger partial charge in [-0.15, -0.1) is 0 Å². The van der Waals surface area contributed by atoms with Gasteiger partial charge >= 0.3 is 6.09 Å². The highest BCUT2D eigenvalue weighted by Gasteiger charge is 2.17. The molecule has 1 amide bonds. The molecule has 10 nitrogen and oxygen atoms in total. The summed E-state index contributed by atoms with van der Waals surface area (Å²) in [6.07, 6.45) is 6.35. The minimum atomic E-state index is -0.556. The first-order valence-electron chi connectivity index (χ1n) is 9.79. The van der Waals surface area contributed by atoms with Gasteiger partial charge in [0.05, 0.1) is 24.7 Å². The van der Waals surface area contributed by atoms with Crippen molar-refractivity contribution in [1.82, 2.24) is 29.9 Å². The smallest absolute Gasteiger partial charge is 0.407 e. The Morgan fingerprint density at radius 1 is 1.16 bits per heavy atom. The molecule has 4 aromatic heterocycles. The van der Waals surface area contributed by atoms with E-state index in [1.807, 2.05) is 26.8 Å². The molecule has 11 heteroatoms. The first-order valence-corrected chi connectivity index (χ1v) is 10.6. The highest BCUT2D eigenvalue weighted by molar-refractivity contribution is 7.19. The molecule has 0 atom stereocenters. The summed E-state index contributed by atoms with van der Waals surface area (Å²) in [5.74, 6) is 0.374. The number of carbonyl (C=O) groups is 1. The number of nitrogens with two attached hydrogens (primary N) is 1. The lowest BCUT2D eigenvalue weighted by molar-refractivity contribution is 0.0523. The molecule has 0 saturated carbocycles. The molecule has 0 radical (unpaired) electrons. The second-order valence-corrected chi connectivity index (χ2v) is 8.96. The van der Waals surface area contributed by atoms with Crippen LogP contribution in [0.3, 0.4) is 0 Å². The highest BCUT2D eigenvalue weighted by atomic mass is 32.1. The van der Waals surface area contributed by atoms with Crippen LogP contribution in [-0.4, -0.2) is 43.4 Å². The molecule has 0 aliphatic heterocycles. The average Bonchev–Trinajstić information content (AvgIpc) is 3.32. The number of nitrogens with one attached hydrogen (secondary N) is 1. The van der Waals surface area contributed by atoms with Crippen LogP contribution in [0, 0.1) is 0 Å². The van der Waals surface area contributed by atoms with E-state index >= 15 is 0 Å². The van der Waals surface area contributed by atoms with E-state index in [-0.39, 0.29) is 6.54 Å². The Labute approximate surface area is 188 Å². The summed E-state index contributed by atoms with van der Waals surface area (Å²) in [5.41, 5.74) is 9.07. The van der Waals surface area contributed by atoms with Gasteiger partial charge in [0.2, 0.25) is 10.8 Å². The normalized spacial score (nSPS) is 11.5. The Morgan fingerprint density at radius 3 is 2.69 bits per heavy atom. The molecule has 0 aromatic carbocycles. The van der Waals surface area contributed by atoms with Crippen molar-refractivity contribution in [2.75, 3.05) is 12.8 Å². The molecule has 3 N–H and O–H groups in total. The number of alkyl carbamates (subject to hydrolysis) is 1. The maximum absolute atomic E-state index is 11.9. The van der Waals surface area contributed by atoms with Crippen molar-refractivity contribution in [3.05, 3.63) is 42.5 Å². The van der Waals surface area contributed by atoms with E-state index in [1.54, 1.807) is 35.4 Å². The minimum absolute atomic E-state index is 0.289. The van der Waals surface area contributed by atoms with E-state index in [0.29, 0.717) is 11.6 Å². The summed E-state index contributed by atoms with van der Waals surface area (Å²) in [6, 6.07) is 3.70. The van der Waals surface area contributed by atoms with Gasteiger partial charge in [0.15, 0.2) is 0 Å². The number of nitrogen functional groups attached to an aromatic ring is 1. The standard InChI is InChI=1S/C21H23N7O3S/c1-21(2,3)31-20(29)26-8-12-5-13(9-23-7-12)16-11-25-19-28(16)27-18(32-19)14-6-15(22)17(30-4)24-10-14/h5-7,9-11H,8,22H2,1-4H3,(H,26,29). The van der Waals surface area contributed by atoms with Gasteiger partial charge < -0.3 is 20.5 Å². The van der Waals surface area contributed by atoms with Gasteiger partial charge in [0, 0.05) is 36.3 Å². The first-order chi connectivity index (χ1) is 15.2. The molecule has 4 rings (SSSR count). The van der Waals surface area contributed by atoms with Crippen molar-refractivity contribution in [2.45, 2.75) is 32.9 Å². The number of imidazole rings is 1. The van der Waals surface area contributed by atoms with Gasteiger partial charge in [0.1, 0.15) is 10.6 Å². The molecular formula is C21H23N7O3S. The summed E-state index contributed by atoms with van der Waals surface area (Å²) in [4.78, 5) is 25.6. The third-order valence-electron chi connectivity index (χ3n) is 4.33. The second kappa shape index (κ2) is 8.42. The molecule has 0 spiro atoms. The quantitative estimate of drug-likeness (QED) is 0.469. The Bertz CT molecular complexity index is 1280. The van der Waals surface area contributed by atoms with Gasteiger partial charge in [-0.2, -0.15) is 5.10 Å². The predicted octanol–water partition coefficient (Wildman–Crippen LogP) is 3.53. The number of hydrogen-bond acceptors (Lipinski definition) is 9. The summed E-state index contributed by atoms with van der Waals surface area (Å²) in [5, 5.41) is 8.15. The predicted molar refractivity (Wildman–Crippen MR) is 121 cm³/mol. The molecule has 4 heterocycles. The first kappa shape index (κ1) is 21.5. The Balaban J connectivity index is 1.57. The van der Waals surface area contributed by atoms with Gasteiger partial charge in [-0.3, -0.25) is 4.98 Å². The van der Waals surface area contributed by atoms with Crippen LogP contribution in [0.15, 0.2) is 36.9 Å². The monoisotopic (exact) mass is 453 g/mol. The van der Waals surface area contributed by atoms with Gasteiger partial charge in [-0.05, 0) is 38.5 Å². The fraction of sp³-hybridized carbons (Fsp3) is 0.286. The average molecular weight is 454 g/mol. The lowest BCUT2D eigenvalue weighted by Gasteiger charge is -2.19. The van der Waals surface area contributed by atoms with Crippen LogP contribution < -0.4 is 15.8 Å². The zero-order chi connectivity index (χ0) is 22.9. The second-order valence-electron chi connectivity index (χ2n) is 8.00. The number of hydrogen-bond donors (Lipinski definition) is 2. The summed E-state index contributed by atoms with van der Waals surface area (Å²) < 4.78 is 12.1. The number of nitrogens with zero attached hydrogens (tertiary/aromatic N) is 5. The number of pyridine rings is 2. The van der Waals surface area contributed by atoms with Gasteiger partial charge in [-0.1, -0.05) is 11.3 Å². The summed E-state index contributed by atoms with van der Waals surface area (Å²) >= 11 is 1.42. The number of rotatable bonds is 5. The van der Waals surface area contributed by atoms with Crippen LogP contribution in [-0.2, 0) is 11.3 Å².